The highest BCUT2D eigenvalue weighted by atomic mass is 19.1. The normalized spacial score (nSPS) is 21.9. The first kappa shape index (κ1) is 17.8. The molecular weight excluding hydrogens is 343 g/mol. The lowest BCUT2D eigenvalue weighted by Crippen LogP contribution is -2.28. The van der Waals surface area contributed by atoms with Gasteiger partial charge >= 0.3 is 0 Å². The number of hydrogen-bond donors (Lipinski definition) is 2. The lowest BCUT2D eigenvalue weighted by Gasteiger charge is -2.21. The van der Waals surface area contributed by atoms with Crippen LogP contribution in [0.5, 0.6) is 5.75 Å². The zero-order chi connectivity index (χ0) is 19.0. The SMILES string of the molecule is COc1cccc(F)c1C1=CNC(c2ccc(C)c(N3CC[C@@H](N)C3)n2)C1. The molecule has 1 aromatic heterocycles. The van der Waals surface area contributed by atoms with E-state index in [9.17, 15) is 4.39 Å². The van der Waals surface area contributed by atoms with Crippen molar-refractivity contribution in [3.8, 4) is 5.75 Å². The zero-order valence-electron chi connectivity index (χ0n) is 15.7. The van der Waals surface area contributed by atoms with Gasteiger partial charge in [0.15, 0.2) is 0 Å². The first-order valence-corrected chi connectivity index (χ1v) is 9.33. The Labute approximate surface area is 159 Å². The molecule has 0 saturated carbocycles. The van der Waals surface area contributed by atoms with E-state index in [1.165, 1.54) is 6.07 Å². The third-order valence-corrected chi connectivity index (χ3v) is 5.37. The van der Waals surface area contributed by atoms with Crippen molar-refractivity contribution in [2.24, 2.45) is 5.73 Å². The Morgan fingerprint density at radius 2 is 2.15 bits per heavy atom. The average Bonchev–Trinajstić information content (AvgIpc) is 3.31. The van der Waals surface area contributed by atoms with Crippen molar-refractivity contribution >= 4 is 11.4 Å². The number of benzene rings is 1. The van der Waals surface area contributed by atoms with Crippen molar-refractivity contribution in [1.82, 2.24) is 10.3 Å². The number of ether oxygens (including phenoxy) is 1. The molecule has 0 spiro atoms. The minimum absolute atomic E-state index is 0.0138. The maximum atomic E-state index is 14.4. The van der Waals surface area contributed by atoms with Crippen molar-refractivity contribution in [1.29, 1.82) is 0 Å². The smallest absolute Gasteiger partial charge is 0.134 e. The number of nitrogens with one attached hydrogen (secondary N) is 1. The second-order valence-corrected chi connectivity index (χ2v) is 7.28. The van der Waals surface area contributed by atoms with Gasteiger partial charge in [0.05, 0.1) is 24.4 Å². The Hall–Kier alpha value is -2.60. The maximum Gasteiger partial charge on any atom is 0.134 e. The number of pyridine rings is 1. The van der Waals surface area contributed by atoms with Crippen molar-refractivity contribution in [2.45, 2.75) is 31.8 Å². The molecule has 1 fully saturated rings. The number of anilines is 1. The fourth-order valence-electron chi connectivity index (χ4n) is 3.92. The Kier molecular flexibility index (Phi) is 4.74. The molecule has 5 nitrogen and oxygen atoms in total. The minimum Gasteiger partial charge on any atom is -0.496 e. The first-order valence-electron chi connectivity index (χ1n) is 9.33. The molecule has 2 aliphatic rings. The molecule has 3 N–H and O–H groups in total. The van der Waals surface area contributed by atoms with Crippen LogP contribution in [0.2, 0.25) is 0 Å². The Balaban J connectivity index is 1.57. The van der Waals surface area contributed by atoms with E-state index in [4.69, 9.17) is 15.5 Å². The summed E-state index contributed by atoms with van der Waals surface area (Å²) >= 11 is 0. The molecule has 2 aromatic rings. The fourth-order valence-corrected chi connectivity index (χ4v) is 3.92. The summed E-state index contributed by atoms with van der Waals surface area (Å²) in [6.07, 6.45) is 3.52. The molecule has 27 heavy (non-hydrogen) atoms. The second kappa shape index (κ2) is 7.19. The molecule has 2 aliphatic heterocycles. The van der Waals surface area contributed by atoms with Crippen LogP contribution in [0.1, 0.15) is 35.7 Å². The number of halogens is 1. The number of nitrogens with zero attached hydrogens (tertiary/aromatic N) is 2. The van der Waals surface area contributed by atoms with Gasteiger partial charge in [-0.3, -0.25) is 0 Å². The Bertz CT molecular complexity index is 882. The lowest BCUT2D eigenvalue weighted by molar-refractivity contribution is 0.409. The van der Waals surface area contributed by atoms with Crippen LogP contribution in [0.4, 0.5) is 10.2 Å². The summed E-state index contributed by atoms with van der Waals surface area (Å²) in [6.45, 7) is 3.85. The van der Waals surface area contributed by atoms with Crippen LogP contribution in [-0.2, 0) is 0 Å². The molecule has 3 heterocycles. The van der Waals surface area contributed by atoms with Crippen molar-refractivity contribution in [2.75, 3.05) is 25.1 Å². The van der Waals surface area contributed by atoms with Crippen LogP contribution in [0.15, 0.2) is 36.5 Å². The van der Waals surface area contributed by atoms with Gasteiger partial charge in [-0.25, -0.2) is 9.37 Å². The average molecular weight is 368 g/mol. The lowest BCUT2D eigenvalue weighted by atomic mass is 9.99. The molecule has 2 atom stereocenters. The van der Waals surface area contributed by atoms with Crippen LogP contribution >= 0.6 is 0 Å². The van der Waals surface area contributed by atoms with Gasteiger partial charge in [0.1, 0.15) is 17.4 Å². The summed E-state index contributed by atoms with van der Waals surface area (Å²) in [4.78, 5) is 7.17. The molecule has 0 aliphatic carbocycles. The van der Waals surface area contributed by atoms with Crippen LogP contribution in [0, 0.1) is 12.7 Å². The molecule has 4 rings (SSSR count). The summed E-state index contributed by atoms with van der Waals surface area (Å²) in [6, 6.07) is 9.27. The predicted octanol–water partition coefficient (Wildman–Crippen LogP) is 3.15. The van der Waals surface area contributed by atoms with Gasteiger partial charge in [0.2, 0.25) is 0 Å². The van der Waals surface area contributed by atoms with Crippen LogP contribution < -0.4 is 20.7 Å². The third kappa shape index (κ3) is 3.37. The highest BCUT2D eigenvalue weighted by Crippen LogP contribution is 2.38. The number of aromatic nitrogens is 1. The molecule has 1 aromatic carbocycles. The van der Waals surface area contributed by atoms with E-state index in [2.05, 4.69) is 23.2 Å². The Morgan fingerprint density at radius 3 is 2.89 bits per heavy atom. The van der Waals surface area contributed by atoms with E-state index in [1.54, 1.807) is 19.2 Å². The monoisotopic (exact) mass is 368 g/mol. The number of rotatable bonds is 4. The summed E-state index contributed by atoms with van der Waals surface area (Å²) in [7, 11) is 1.56. The summed E-state index contributed by atoms with van der Waals surface area (Å²) < 4.78 is 19.7. The van der Waals surface area contributed by atoms with Crippen molar-refractivity contribution in [3.63, 3.8) is 0 Å². The van der Waals surface area contributed by atoms with E-state index in [1.807, 2.05) is 12.3 Å². The number of aryl methyl sites for hydroxylation is 1. The van der Waals surface area contributed by atoms with Gasteiger partial charge in [-0.05, 0) is 42.7 Å². The van der Waals surface area contributed by atoms with Crippen LogP contribution in [0.3, 0.4) is 0 Å². The highest BCUT2D eigenvalue weighted by Gasteiger charge is 2.27. The van der Waals surface area contributed by atoms with E-state index in [0.29, 0.717) is 17.7 Å². The quantitative estimate of drug-likeness (QED) is 0.868. The molecule has 0 radical (unpaired) electrons. The number of nitrogens with two attached hydrogens (primary N) is 1. The molecule has 1 saturated heterocycles. The number of methoxy groups -OCH3 is 1. The standard InChI is InChI=1S/C21H25FN4O/c1-13-6-7-17(25-21(13)26-9-8-15(23)12-26)18-10-14(11-24-18)20-16(22)4-3-5-19(20)27-2/h3-7,11,15,18,24H,8-10,12,23H2,1-2H3/t15-,18?/m1/s1. The number of hydrogen-bond acceptors (Lipinski definition) is 5. The second-order valence-electron chi connectivity index (χ2n) is 7.28. The fraction of sp³-hybridized carbons (Fsp3) is 0.381. The topological polar surface area (TPSA) is 63.4 Å². The largest absolute Gasteiger partial charge is 0.496 e. The van der Waals surface area contributed by atoms with Crippen molar-refractivity contribution < 1.29 is 9.13 Å². The Morgan fingerprint density at radius 1 is 1.30 bits per heavy atom. The molecule has 0 amide bonds. The van der Waals surface area contributed by atoms with E-state index >= 15 is 0 Å². The van der Waals surface area contributed by atoms with E-state index in [-0.39, 0.29) is 17.9 Å². The van der Waals surface area contributed by atoms with Gasteiger partial charge in [-0.15, -0.1) is 0 Å². The molecule has 142 valence electrons. The van der Waals surface area contributed by atoms with Crippen LogP contribution in [-0.4, -0.2) is 31.2 Å². The summed E-state index contributed by atoms with van der Waals surface area (Å²) in [5.74, 6) is 1.28. The van der Waals surface area contributed by atoms with Crippen LogP contribution in [0.25, 0.3) is 5.57 Å². The van der Waals surface area contributed by atoms with Gasteiger partial charge in [-0.2, -0.15) is 0 Å². The van der Waals surface area contributed by atoms with Gasteiger partial charge in [-0.1, -0.05) is 12.1 Å². The van der Waals surface area contributed by atoms with Gasteiger partial charge in [0.25, 0.3) is 0 Å². The zero-order valence-corrected chi connectivity index (χ0v) is 15.7. The highest BCUT2D eigenvalue weighted by molar-refractivity contribution is 5.73. The first-order chi connectivity index (χ1) is 13.1. The van der Waals surface area contributed by atoms with E-state index in [0.717, 1.165) is 42.2 Å². The van der Waals surface area contributed by atoms with E-state index < -0.39 is 0 Å². The molecule has 6 heteroatoms. The molecular formula is C21H25FN4O. The predicted molar refractivity (Wildman–Crippen MR) is 105 cm³/mol. The summed E-state index contributed by atoms with van der Waals surface area (Å²) in [5.41, 5.74) is 9.58. The van der Waals surface area contributed by atoms with Gasteiger partial charge in [0, 0.05) is 31.8 Å². The minimum atomic E-state index is -0.272. The summed E-state index contributed by atoms with van der Waals surface area (Å²) in [5, 5.41) is 3.36. The molecule has 1 unspecified atom stereocenters. The third-order valence-electron chi connectivity index (χ3n) is 5.37. The van der Waals surface area contributed by atoms with Gasteiger partial charge < -0.3 is 20.7 Å². The maximum absolute atomic E-state index is 14.4. The molecule has 0 bridgehead atoms. The van der Waals surface area contributed by atoms with Crippen molar-refractivity contribution in [3.05, 3.63) is 59.2 Å².